The first-order valence-corrected chi connectivity index (χ1v) is 9.11. The van der Waals surface area contributed by atoms with E-state index in [-0.39, 0.29) is 6.54 Å². The fraction of sp³-hybridized carbons (Fsp3) is 0.200. The van der Waals surface area contributed by atoms with Crippen LogP contribution in [0, 0.1) is 5.82 Å². The minimum Gasteiger partial charge on any atom is -0.494 e. The molecule has 0 N–H and O–H groups in total. The van der Waals surface area contributed by atoms with E-state index in [0.29, 0.717) is 17.1 Å². The van der Waals surface area contributed by atoms with Crippen molar-refractivity contribution in [1.82, 2.24) is 4.90 Å². The molecule has 0 unspecified atom stereocenters. The van der Waals surface area contributed by atoms with Crippen molar-refractivity contribution in [3.63, 3.8) is 0 Å². The van der Waals surface area contributed by atoms with Crippen LogP contribution >= 0.6 is 11.8 Å². The van der Waals surface area contributed by atoms with E-state index in [1.165, 1.54) is 6.07 Å². The van der Waals surface area contributed by atoms with Crippen LogP contribution in [0.2, 0.25) is 0 Å². The van der Waals surface area contributed by atoms with E-state index in [1.807, 2.05) is 31.2 Å². The Morgan fingerprint density at radius 3 is 2.54 bits per heavy atom. The zero-order chi connectivity index (χ0) is 18.5. The maximum absolute atomic E-state index is 13.8. The molecule has 0 saturated carbocycles. The Morgan fingerprint density at radius 1 is 1.12 bits per heavy atom. The number of hydrogen-bond donors (Lipinski definition) is 0. The molecule has 2 aromatic carbocycles. The lowest BCUT2D eigenvalue weighted by Crippen LogP contribution is -2.27. The Bertz CT molecular complexity index is 848. The first-order valence-electron chi connectivity index (χ1n) is 8.30. The molecule has 26 heavy (non-hydrogen) atoms. The van der Waals surface area contributed by atoms with Crippen molar-refractivity contribution in [3.05, 3.63) is 70.4 Å². The molecular weight excluding hydrogens is 353 g/mol. The Hall–Kier alpha value is -2.60. The molecule has 3 rings (SSSR count). The number of thioether (sulfide) groups is 1. The minimum absolute atomic E-state index is 0.0710. The van der Waals surface area contributed by atoms with Crippen molar-refractivity contribution in [2.45, 2.75) is 19.9 Å². The molecule has 0 spiro atoms. The second-order valence-electron chi connectivity index (χ2n) is 5.78. The number of carbonyl (C=O) groups is 2. The molecular formula is C20H18FNO3S. The first kappa shape index (κ1) is 18.2. The van der Waals surface area contributed by atoms with Gasteiger partial charge in [0.25, 0.3) is 11.1 Å². The third-order valence-electron chi connectivity index (χ3n) is 3.81. The van der Waals surface area contributed by atoms with Crippen LogP contribution in [-0.4, -0.2) is 22.7 Å². The number of amides is 2. The Kier molecular flexibility index (Phi) is 5.73. The fourth-order valence-electron chi connectivity index (χ4n) is 2.46. The molecule has 1 saturated heterocycles. The van der Waals surface area contributed by atoms with Crippen molar-refractivity contribution in [1.29, 1.82) is 0 Å². The van der Waals surface area contributed by atoms with Gasteiger partial charge in [-0.05, 0) is 48.0 Å². The van der Waals surface area contributed by atoms with E-state index >= 15 is 0 Å². The number of rotatable bonds is 6. The molecule has 1 aliphatic rings. The molecule has 0 bridgehead atoms. The molecule has 134 valence electrons. The van der Waals surface area contributed by atoms with Gasteiger partial charge in [-0.3, -0.25) is 14.5 Å². The predicted octanol–water partition coefficient (Wildman–Crippen LogP) is 4.85. The van der Waals surface area contributed by atoms with Crippen molar-refractivity contribution in [3.8, 4) is 5.75 Å². The van der Waals surface area contributed by atoms with Crippen LogP contribution in [0.1, 0.15) is 24.5 Å². The van der Waals surface area contributed by atoms with E-state index < -0.39 is 17.0 Å². The largest absolute Gasteiger partial charge is 0.494 e. The van der Waals surface area contributed by atoms with Crippen molar-refractivity contribution >= 4 is 29.0 Å². The highest BCUT2D eigenvalue weighted by atomic mass is 32.2. The summed E-state index contributed by atoms with van der Waals surface area (Å²) >= 11 is 0.865. The lowest BCUT2D eigenvalue weighted by molar-refractivity contribution is -0.123. The number of nitrogens with zero attached hydrogens (tertiary/aromatic N) is 1. The van der Waals surface area contributed by atoms with Crippen LogP contribution in [0.15, 0.2) is 53.4 Å². The molecule has 0 aliphatic carbocycles. The van der Waals surface area contributed by atoms with Gasteiger partial charge in [0.15, 0.2) is 0 Å². The van der Waals surface area contributed by atoms with Gasteiger partial charge in [0.05, 0.1) is 18.1 Å². The monoisotopic (exact) mass is 371 g/mol. The summed E-state index contributed by atoms with van der Waals surface area (Å²) < 4.78 is 19.3. The molecule has 2 aromatic rings. The number of ether oxygens (including phenoxy) is 1. The van der Waals surface area contributed by atoms with Crippen LogP contribution in [0.3, 0.4) is 0 Å². The second kappa shape index (κ2) is 8.19. The third-order valence-corrected chi connectivity index (χ3v) is 4.72. The van der Waals surface area contributed by atoms with Gasteiger partial charge in [-0.15, -0.1) is 0 Å². The van der Waals surface area contributed by atoms with Crippen LogP contribution in [0.4, 0.5) is 9.18 Å². The van der Waals surface area contributed by atoms with E-state index in [2.05, 4.69) is 0 Å². The average molecular weight is 371 g/mol. The number of benzene rings is 2. The fourth-order valence-corrected chi connectivity index (χ4v) is 3.30. The zero-order valence-corrected chi connectivity index (χ0v) is 15.1. The highest BCUT2D eigenvalue weighted by Crippen LogP contribution is 2.33. The molecule has 0 aromatic heterocycles. The molecule has 1 fully saturated rings. The zero-order valence-electron chi connectivity index (χ0n) is 14.3. The number of halogens is 1. The number of hydrogen-bond acceptors (Lipinski definition) is 4. The summed E-state index contributed by atoms with van der Waals surface area (Å²) in [6.45, 7) is 2.61. The van der Waals surface area contributed by atoms with Crippen molar-refractivity contribution in [2.24, 2.45) is 0 Å². The summed E-state index contributed by atoms with van der Waals surface area (Å²) in [6.07, 6.45) is 2.59. The lowest BCUT2D eigenvalue weighted by atomic mass is 10.2. The van der Waals surface area contributed by atoms with Gasteiger partial charge in [-0.2, -0.15) is 0 Å². The molecule has 6 heteroatoms. The Balaban J connectivity index is 1.73. The molecule has 2 amide bonds. The minimum atomic E-state index is -0.432. The average Bonchev–Trinajstić information content (AvgIpc) is 2.90. The lowest BCUT2D eigenvalue weighted by Gasteiger charge is -2.12. The third kappa shape index (κ3) is 4.14. The predicted molar refractivity (Wildman–Crippen MR) is 100 cm³/mol. The van der Waals surface area contributed by atoms with E-state index in [9.17, 15) is 14.0 Å². The normalized spacial score (nSPS) is 15.8. The number of carbonyl (C=O) groups excluding carboxylic acids is 2. The highest BCUT2D eigenvalue weighted by molar-refractivity contribution is 8.18. The van der Waals surface area contributed by atoms with E-state index in [1.54, 1.807) is 24.3 Å². The summed E-state index contributed by atoms with van der Waals surface area (Å²) in [5.41, 5.74) is 1.11. The van der Waals surface area contributed by atoms with Gasteiger partial charge in [0.2, 0.25) is 0 Å². The van der Waals surface area contributed by atoms with Crippen LogP contribution < -0.4 is 4.74 Å². The van der Waals surface area contributed by atoms with Gasteiger partial charge in [0.1, 0.15) is 11.6 Å². The molecule has 1 heterocycles. The summed E-state index contributed by atoms with van der Waals surface area (Å²) in [5, 5.41) is -0.396. The van der Waals surface area contributed by atoms with E-state index in [4.69, 9.17) is 4.74 Å². The van der Waals surface area contributed by atoms with Crippen LogP contribution in [0.5, 0.6) is 5.75 Å². The van der Waals surface area contributed by atoms with Gasteiger partial charge in [-0.25, -0.2) is 4.39 Å². The quantitative estimate of drug-likeness (QED) is 0.681. The van der Waals surface area contributed by atoms with Gasteiger partial charge >= 0.3 is 0 Å². The SMILES string of the molecule is CCCOc1ccc(C=C2SC(=O)N(Cc3ccccc3F)C2=O)cc1. The van der Waals surface area contributed by atoms with Gasteiger partial charge < -0.3 is 4.74 Å². The first-order chi connectivity index (χ1) is 12.6. The Morgan fingerprint density at radius 2 is 1.85 bits per heavy atom. The standard InChI is InChI=1S/C20H18FNO3S/c1-2-11-25-16-9-7-14(8-10-16)12-18-19(23)22(20(24)26-18)13-15-5-3-4-6-17(15)21/h3-10,12H,2,11,13H2,1H3. The Labute approximate surface area is 155 Å². The topological polar surface area (TPSA) is 46.6 Å². The summed E-state index contributed by atoms with van der Waals surface area (Å²) in [4.78, 5) is 26.1. The molecule has 1 aliphatic heterocycles. The summed E-state index contributed by atoms with van der Waals surface area (Å²) in [7, 11) is 0. The van der Waals surface area contributed by atoms with Crippen LogP contribution in [0.25, 0.3) is 6.08 Å². The van der Waals surface area contributed by atoms with Gasteiger partial charge in [0, 0.05) is 5.56 Å². The molecule has 4 nitrogen and oxygen atoms in total. The second-order valence-corrected chi connectivity index (χ2v) is 6.77. The summed E-state index contributed by atoms with van der Waals surface area (Å²) in [5.74, 6) is -0.0792. The van der Waals surface area contributed by atoms with Crippen LogP contribution in [-0.2, 0) is 11.3 Å². The summed E-state index contributed by atoms with van der Waals surface area (Å²) in [6, 6.07) is 13.4. The molecule has 0 atom stereocenters. The smallest absolute Gasteiger partial charge is 0.293 e. The van der Waals surface area contributed by atoms with E-state index in [0.717, 1.165) is 34.4 Å². The van der Waals surface area contributed by atoms with Gasteiger partial charge in [-0.1, -0.05) is 37.3 Å². The molecule has 0 radical (unpaired) electrons. The maximum Gasteiger partial charge on any atom is 0.293 e. The highest BCUT2D eigenvalue weighted by Gasteiger charge is 2.35. The maximum atomic E-state index is 13.8. The van der Waals surface area contributed by atoms with Crippen molar-refractivity contribution in [2.75, 3.05) is 6.61 Å². The van der Waals surface area contributed by atoms with Crippen molar-refractivity contribution < 1.29 is 18.7 Å². The number of imide groups is 1.